The Kier molecular flexibility index (Phi) is 7.07. The van der Waals surface area contributed by atoms with Gasteiger partial charge in [-0.3, -0.25) is 9.59 Å². The molecule has 0 saturated heterocycles. The highest BCUT2D eigenvalue weighted by atomic mass is 16.2. The van der Waals surface area contributed by atoms with E-state index in [9.17, 15) is 9.59 Å². The zero-order chi connectivity index (χ0) is 28.2. The Bertz CT molecular complexity index is 1680. The van der Waals surface area contributed by atoms with E-state index in [1.807, 2.05) is 78.9 Å². The minimum Gasteiger partial charge on any atom is -0.309 e. The van der Waals surface area contributed by atoms with Gasteiger partial charge in [0.1, 0.15) is 5.92 Å². The molecule has 0 spiro atoms. The van der Waals surface area contributed by atoms with E-state index in [2.05, 4.69) is 56.6 Å². The van der Waals surface area contributed by atoms with E-state index in [1.165, 1.54) is 11.2 Å². The zero-order valence-corrected chi connectivity index (χ0v) is 22.4. The number of carbonyl (C=O) groups is 2. The molecule has 2 heterocycles. The molecule has 0 radical (unpaired) electrons. The van der Waals surface area contributed by atoms with Gasteiger partial charge in [-0.05, 0) is 66.6 Å². The van der Waals surface area contributed by atoms with Crippen molar-refractivity contribution in [3.63, 3.8) is 0 Å². The number of rotatable bonds is 7. The van der Waals surface area contributed by atoms with Gasteiger partial charge in [-0.2, -0.15) is 15.2 Å². The van der Waals surface area contributed by atoms with Crippen molar-refractivity contribution in [3.05, 3.63) is 133 Å². The molecule has 6 rings (SSSR count). The Balaban J connectivity index is 1.20. The van der Waals surface area contributed by atoms with Crippen molar-refractivity contribution >= 4 is 29.4 Å². The lowest BCUT2D eigenvalue weighted by molar-refractivity contribution is -0.118. The van der Waals surface area contributed by atoms with Crippen molar-refractivity contribution in [3.8, 4) is 28.2 Å². The number of aromatic nitrogens is 1. The average molecular weight is 538 g/mol. The molecule has 0 fully saturated rings. The molecule has 1 aromatic heterocycles. The van der Waals surface area contributed by atoms with Crippen LogP contribution in [0.4, 0.5) is 5.69 Å². The minimum absolute atomic E-state index is 0.216. The molecular formula is C34H27N5O2. The van der Waals surface area contributed by atoms with E-state index >= 15 is 0 Å². The molecule has 4 aromatic carbocycles. The summed E-state index contributed by atoms with van der Waals surface area (Å²) in [7, 11) is 0. The lowest BCUT2D eigenvalue weighted by Gasteiger charge is -2.15. The number of amides is 2. The molecule has 200 valence electrons. The molecule has 5 aromatic rings. The van der Waals surface area contributed by atoms with E-state index in [-0.39, 0.29) is 11.8 Å². The van der Waals surface area contributed by atoms with E-state index in [1.54, 1.807) is 19.1 Å². The van der Waals surface area contributed by atoms with E-state index in [0.717, 1.165) is 28.2 Å². The van der Waals surface area contributed by atoms with Crippen LogP contribution in [0.25, 0.3) is 28.2 Å². The van der Waals surface area contributed by atoms with Crippen molar-refractivity contribution in [1.82, 2.24) is 9.99 Å². The summed E-state index contributed by atoms with van der Waals surface area (Å²) in [6.07, 6.45) is 1.43. The van der Waals surface area contributed by atoms with Crippen LogP contribution in [0.15, 0.2) is 138 Å². The van der Waals surface area contributed by atoms with Crippen LogP contribution in [-0.2, 0) is 4.79 Å². The largest absolute Gasteiger partial charge is 0.309 e. The summed E-state index contributed by atoms with van der Waals surface area (Å²) < 4.78 is 2.19. The van der Waals surface area contributed by atoms with Crippen LogP contribution in [-0.4, -0.2) is 28.3 Å². The van der Waals surface area contributed by atoms with Gasteiger partial charge in [-0.15, -0.1) is 0 Å². The average Bonchev–Trinajstić information content (AvgIpc) is 3.59. The Morgan fingerprint density at radius 1 is 0.732 bits per heavy atom. The number of anilines is 1. The van der Waals surface area contributed by atoms with Crippen LogP contribution in [0, 0.1) is 5.92 Å². The summed E-state index contributed by atoms with van der Waals surface area (Å²) in [6, 6.07) is 41.3. The van der Waals surface area contributed by atoms with E-state index in [0.29, 0.717) is 17.0 Å². The first kappa shape index (κ1) is 25.7. The first-order valence-corrected chi connectivity index (χ1v) is 13.3. The summed E-state index contributed by atoms with van der Waals surface area (Å²) in [5.41, 5.74) is 9.51. The standard InChI is InChI=1S/C34H27N5O2/c1-24-30(34(41)39(37-24)29-15-9-4-10-16-29)23-35-36-33(40)27-17-19-28(20-18-27)38-31(25-11-5-2-6-12-25)21-22-32(38)26-13-7-3-8-14-26/h2-23,30H,1H3,(H,36,40)/b35-23-/t30-/m0/s1. The first-order valence-electron chi connectivity index (χ1n) is 13.3. The molecular weight excluding hydrogens is 510 g/mol. The maximum Gasteiger partial charge on any atom is 0.271 e. The van der Waals surface area contributed by atoms with Gasteiger partial charge in [0.05, 0.1) is 22.8 Å². The Morgan fingerprint density at radius 2 is 1.27 bits per heavy atom. The Morgan fingerprint density at radius 3 is 1.83 bits per heavy atom. The summed E-state index contributed by atoms with van der Waals surface area (Å²) in [5, 5.41) is 9.81. The highest BCUT2D eigenvalue weighted by Crippen LogP contribution is 2.32. The SMILES string of the molecule is CC1=NN(c2ccccc2)C(=O)[C@H]1/C=N\NC(=O)c1ccc(-n2c(-c3ccccc3)ccc2-c2ccccc2)cc1. The lowest BCUT2D eigenvalue weighted by atomic mass is 10.1. The molecule has 1 aliphatic heterocycles. The van der Waals surface area contributed by atoms with Gasteiger partial charge < -0.3 is 4.57 Å². The maximum atomic E-state index is 12.9. The summed E-state index contributed by atoms with van der Waals surface area (Å²) >= 11 is 0. The van der Waals surface area contributed by atoms with Crippen LogP contribution in [0.3, 0.4) is 0 Å². The monoisotopic (exact) mass is 537 g/mol. The molecule has 1 atom stereocenters. The van der Waals surface area contributed by atoms with Gasteiger partial charge in [-0.1, -0.05) is 78.9 Å². The molecule has 2 amide bonds. The highest BCUT2D eigenvalue weighted by molar-refractivity contribution is 6.23. The third-order valence-corrected chi connectivity index (χ3v) is 6.98. The quantitative estimate of drug-likeness (QED) is 0.188. The maximum absolute atomic E-state index is 12.9. The summed E-state index contributed by atoms with van der Waals surface area (Å²) in [4.78, 5) is 25.8. The van der Waals surface area contributed by atoms with Gasteiger partial charge in [0.25, 0.3) is 11.8 Å². The molecule has 7 heteroatoms. The number of nitrogens with zero attached hydrogens (tertiary/aromatic N) is 4. The second-order valence-electron chi connectivity index (χ2n) is 9.64. The van der Waals surface area contributed by atoms with Crippen molar-refractivity contribution in [2.45, 2.75) is 6.92 Å². The predicted octanol–water partition coefficient (Wildman–Crippen LogP) is 6.57. The van der Waals surface area contributed by atoms with Crippen LogP contribution in [0.1, 0.15) is 17.3 Å². The molecule has 7 nitrogen and oxygen atoms in total. The second-order valence-corrected chi connectivity index (χ2v) is 9.64. The van der Waals surface area contributed by atoms with Gasteiger partial charge in [0, 0.05) is 17.5 Å². The van der Waals surface area contributed by atoms with Crippen molar-refractivity contribution in [2.75, 3.05) is 5.01 Å². The molecule has 1 aliphatic rings. The highest BCUT2D eigenvalue weighted by Gasteiger charge is 2.33. The Hall–Kier alpha value is -5.56. The normalized spacial score (nSPS) is 14.9. The fraction of sp³-hybridized carbons (Fsp3) is 0.0588. The first-order chi connectivity index (χ1) is 20.1. The lowest BCUT2D eigenvalue weighted by Crippen LogP contribution is -2.29. The predicted molar refractivity (Wildman–Crippen MR) is 163 cm³/mol. The van der Waals surface area contributed by atoms with Crippen LogP contribution in [0.5, 0.6) is 0 Å². The van der Waals surface area contributed by atoms with Gasteiger partial charge in [-0.25, -0.2) is 5.43 Å². The summed E-state index contributed by atoms with van der Waals surface area (Å²) in [6.45, 7) is 1.77. The van der Waals surface area contributed by atoms with Crippen molar-refractivity contribution in [2.24, 2.45) is 16.1 Å². The molecule has 0 unspecified atom stereocenters. The van der Waals surface area contributed by atoms with Crippen molar-refractivity contribution < 1.29 is 9.59 Å². The molecule has 41 heavy (non-hydrogen) atoms. The van der Waals surface area contributed by atoms with Crippen molar-refractivity contribution in [1.29, 1.82) is 0 Å². The Labute approximate surface area is 238 Å². The van der Waals surface area contributed by atoms with Crippen LogP contribution >= 0.6 is 0 Å². The van der Waals surface area contributed by atoms with E-state index in [4.69, 9.17) is 0 Å². The van der Waals surface area contributed by atoms with Gasteiger partial charge >= 0.3 is 0 Å². The molecule has 0 bridgehead atoms. The molecule has 0 saturated carbocycles. The number of hydrazone groups is 2. The summed E-state index contributed by atoms with van der Waals surface area (Å²) in [5.74, 6) is -1.22. The van der Waals surface area contributed by atoms with E-state index < -0.39 is 5.92 Å². The van der Waals surface area contributed by atoms with Crippen LogP contribution < -0.4 is 10.4 Å². The number of hydrogen-bond acceptors (Lipinski definition) is 4. The van der Waals surface area contributed by atoms with Crippen LogP contribution in [0.2, 0.25) is 0 Å². The minimum atomic E-state index is -0.639. The molecule has 1 N–H and O–H groups in total. The second kappa shape index (κ2) is 11.3. The fourth-order valence-corrected chi connectivity index (χ4v) is 4.89. The fourth-order valence-electron chi connectivity index (χ4n) is 4.89. The zero-order valence-electron chi connectivity index (χ0n) is 22.4. The smallest absolute Gasteiger partial charge is 0.271 e. The van der Waals surface area contributed by atoms with Gasteiger partial charge in [0.2, 0.25) is 0 Å². The number of hydrogen-bond donors (Lipinski definition) is 1. The number of benzene rings is 4. The third-order valence-electron chi connectivity index (χ3n) is 6.98. The third kappa shape index (κ3) is 5.21. The van der Waals surface area contributed by atoms with Gasteiger partial charge in [0.15, 0.2) is 0 Å². The number of carbonyl (C=O) groups excluding carboxylic acids is 2. The topological polar surface area (TPSA) is 79.1 Å². The number of para-hydroxylation sites is 1. The molecule has 0 aliphatic carbocycles. The number of nitrogens with one attached hydrogen (secondary N) is 1.